The minimum atomic E-state index is -3.51. The van der Waals surface area contributed by atoms with Gasteiger partial charge < -0.3 is 9.32 Å². The van der Waals surface area contributed by atoms with Crippen molar-refractivity contribution in [2.24, 2.45) is 0 Å². The average molecular weight is 367 g/mol. The van der Waals surface area contributed by atoms with Gasteiger partial charge in [0.05, 0.1) is 4.90 Å². The normalized spacial score (nSPS) is 13.6. The van der Waals surface area contributed by atoms with Gasteiger partial charge in [0.1, 0.15) is 11.5 Å². The van der Waals surface area contributed by atoms with Gasteiger partial charge >= 0.3 is 0 Å². The minimum absolute atomic E-state index is 0.153. The molecule has 1 amide bonds. The highest BCUT2D eigenvalue weighted by Crippen LogP contribution is 2.29. The minimum Gasteiger partial charge on any atom is -0.455 e. The first-order chi connectivity index (χ1) is 12.5. The Morgan fingerprint density at radius 3 is 2.50 bits per heavy atom. The fraction of sp³-hybridized carbons (Fsp3) is 0.150. The molecular weight excluding hydrogens is 350 g/mol. The summed E-state index contributed by atoms with van der Waals surface area (Å²) in [6.45, 7) is 0.594. The van der Waals surface area contributed by atoms with Gasteiger partial charge in [0.15, 0.2) is 15.6 Å². The summed E-state index contributed by atoms with van der Waals surface area (Å²) in [4.78, 5) is 14.6. The summed E-state index contributed by atoms with van der Waals surface area (Å²) in [5, 5.41) is 0. The molecule has 0 fully saturated rings. The monoisotopic (exact) mass is 367 g/mol. The van der Waals surface area contributed by atoms with E-state index in [9.17, 15) is 13.2 Å². The summed E-state index contributed by atoms with van der Waals surface area (Å²) in [6, 6.07) is 19.1. The summed E-state index contributed by atoms with van der Waals surface area (Å²) >= 11 is 0. The van der Waals surface area contributed by atoms with Crippen molar-refractivity contribution in [2.75, 3.05) is 11.4 Å². The van der Waals surface area contributed by atoms with E-state index in [0.29, 0.717) is 6.54 Å². The van der Waals surface area contributed by atoms with E-state index >= 15 is 0 Å². The molecule has 0 bridgehead atoms. The first kappa shape index (κ1) is 16.6. The van der Waals surface area contributed by atoms with Gasteiger partial charge in [-0.3, -0.25) is 4.79 Å². The van der Waals surface area contributed by atoms with Crippen LogP contribution < -0.4 is 4.90 Å². The second-order valence-electron chi connectivity index (χ2n) is 6.17. The smallest absolute Gasteiger partial charge is 0.293 e. The Morgan fingerprint density at radius 2 is 1.69 bits per heavy atom. The first-order valence-electron chi connectivity index (χ1n) is 8.31. The van der Waals surface area contributed by atoms with Crippen LogP contribution in [0.4, 0.5) is 5.69 Å². The van der Waals surface area contributed by atoms with E-state index < -0.39 is 9.84 Å². The topological polar surface area (TPSA) is 67.6 Å². The Bertz CT molecular complexity index is 1050. The van der Waals surface area contributed by atoms with Crippen molar-refractivity contribution in [3.63, 3.8) is 0 Å². The zero-order valence-electron chi connectivity index (χ0n) is 14.0. The lowest BCUT2D eigenvalue weighted by Gasteiger charge is -2.15. The lowest BCUT2D eigenvalue weighted by atomic mass is 10.2. The number of amides is 1. The Labute approximate surface area is 151 Å². The molecule has 0 N–H and O–H groups in total. The number of fused-ring (bicyclic) bond motifs is 1. The van der Waals surface area contributed by atoms with E-state index in [0.717, 1.165) is 17.7 Å². The molecule has 1 aliphatic rings. The molecule has 0 unspecified atom stereocenters. The van der Waals surface area contributed by atoms with Crippen molar-refractivity contribution in [1.29, 1.82) is 0 Å². The van der Waals surface area contributed by atoms with Crippen LogP contribution in [0.3, 0.4) is 0 Å². The average Bonchev–Trinajstić information content (AvgIpc) is 3.28. The molecule has 132 valence electrons. The van der Waals surface area contributed by atoms with Crippen molar-refractivity contribution >= 4 is 21.4 Å². The first-order valence-corrected chi connectivity index (χ1v) is 9.96. The van der Waals surface area contributed by atoms with E-state index in [1.165, 1.54) is 0 Å². The van der Waals surface area contributed by atoms with Crippen LogP contribution in [-0.4, -0.2) is 20.9 Å². The van der Waals surface area contributed by atoms with Crippen molar-refractivity contribution in [3.05, 3.63) is 83.8 Å². The number of rotatable bonds is 4. The molecule has 3 aromatic rings. The molecule has 2 heterocycles. The molecule has 0 saturated heterocycles. The second kappa shape index (κ2) is 6.46. The molecule has 0 spiro atoms. The van der Waals surface area contributed by atoms with Crippen molar-refractivity contribution in [3.8, 4) is 0 Å². The number of hydrogen-bond donors (Lipinski definition) is 0. The van der Waals surface area contributed by atoms with Gasteiger partial charge in [0, 0.05) is 12.2 Å². The van der Waals surface area contributed by atoms with Crippen LogP contribution in [-0.2, 0) is 22.0 Å². The number of nitrogens with zero attached hydrogens (tertiary/aromatic N) is 1. The van der Waals surface area contributed by atoms with Crippen LogP contribution >= 0.6 is 0 Å². The summed E-state index contributed by atoms with van der Waals surface area (Å²) in [7, 11) is -3.51. The van der Waals surface area contributed by atoms with E-state index in [1.807, 2.05) is 24.3 Å². The number of sulfone groups is 1. The molecule has 0 aliphatic carbocycles. The Balaban J connectivity index is 1.55. The molecule has 6 heteroatoms. The number of carbonyl (C=O) groups excluding carboxylic acids is 1. The molecular formula is C20H17NO4S. The van der Waals surface area contributed by atoms with E-state index in [-0.39, 0.29) is 28.1 Å². The molecule has 0 radical (unpaired) electrons. The Kier molecular flexibility index (Phi) is 4.12. The summed E-state index contributed by atoms with van der Waals surface area (Å²) in [5.74, 6) is -0.121. The van der Waals surface area contributed by atoms with E-state index in [2.05, 4.69) is 0 Å². The maximum absolute atomic E-state index is 12.7. The van der Waals surface area contributed by atoms with Gasteiger partial charge in [-0.2, -0.15) is 0 Å². The van der Waals surface area contributed by atoms with Gasteiger partial charge in [-0.1, -0.05) is 36.4 Å². The fourth-order valence-electron chi connectivity index (χ4n) is 3.15. The van der Waals surface area contributed by atoms with Crippen LogP contribution in [0, 0.1) is 0 Å². The van der Waals surface area contributed by atoms with E-state index in [4.69, 9.17) is 4.42 Å². The number of carbonyl (C=O) groups is 1. The zero-order chi connectivity index (χ0) is 18.1. The number of furan rings is 1. The molecule has 1 aliphatic heterocycles. The maximum atomic E-state index is 12.7. The maximum Gasteiger partial charge on any atom is 0.293 e. The van der Waals surface area contributed by atoms with Gasteiger partial charge in [-0.25, -0.2) is 8.42 Å². The van der Waals surface area contributed by atoms with Gasteiger partial charge in [0.25, 0.3) is 5.91 Å². The third kappa shape index (κ3) is 3.04. The number of para-hydroxylation sites is 1. The highest BCUT2D eigenvalue weighted by molar-refractivity contribution is 7.90. The summed E-state index contributed by atoms with van der Waals surface area (Å²) in [5.41, 5.74) is 2.01. The number of benzene rings is 2. The molecule has 5 nitrogen and oxygen atoms in total. The highest BCUT2D eigenvalue weighted by Gasteiger charge is 2.27. The van der Waals surface area contributed by atoms with Crippen molar-refractivity contribution in [2.45, 2.75) is 17.1 Å². The SMILES string of the molecule is O=C(c1ccc(CS(=O)(=O)c2ccccc2)o1)N1CCc2ccccc21. The van der Waals surface area contributed by atoms with Gasteiger partial charge in [-0.05, 0) is 42.3 Å². The fourth-order valence-corrected chi connectivity index (χ4v) is 4.42. The molecule has 26 heavy (non-hydrogen) atoms. The molecule has 1 aromatic heterocycles. The van der Waals surface area contributed by atoms with Crippen LogP contribution in [0.5, 0.6) is 0 Å². The Hall–Kier alpha value is -2.86. The van der Waals surface area contributed by atoms with Crippen molar-refractivity contribution < 1.29 is 17.6 Å². The third-order valence-electron chi connectivity index (χ3n) is 4.44. The van der Waals surface area contributed by atoms with Gasteiger partial charge in [-0.15, -0.1) is 0 Å². The predicted octanol–water partition coefficient (Wildman–Crippen LogP) is 3.46. The molecule has 4 rings (SSSR count). The molecule has 0 atom stereocenters. The third-order valence-corrected chi connectivity index (χ3v) is 6.09. The highest BCUT2D eigenvalue weighted by atomic mass is 32.2. The van der Waals surface area contributed by atoms with Crippen molar-refractivity contribution in [1.82, 2.24) is 0 Å². The van der Waals surface area contributed by atoms with Gasteiger partial charge in [0.2, 0.25) is 0 Å². The predicted molar refractivity (Wildman–Crippen MR) is 97.9 cm³/mol. The molecule has 2 aromatic carbocycles. The van der Waals surface area contributed by atoms with Crippen LogP contribution in [0.15, 0.2) is 76.0 Å². The zero-order valence-corrected chi connectivity index (χ0v) is 14.8. The molecule has 0 saturated carbocycles. The number of anilines is 1. The summed E-state index contributed by atoms with van der Waals surface area (Å²) < 4.78 is 30.5. The van der Waals surface area contributed by atoms with E-state index in [1.54, 1.807) is 47.4 Å². The lowest BCUT2D eigenvalue weighted by molar-refractivity contribution is 0.0961. The summed E-state index contributed by atoms with van der Waals surface area (Å²) in [6.07, 6.45) is 0.803. The lowest BCUT2D eigenvalue weighted by Crippen LogP contribution is -2.28. The number of hydrogen-bond acceptors (Lipinski definition) is 4. The van der Waals surface area contributed by atoms with Crippen LogP contribution in [0.1, 0.15) is 21.9 Å². The standard InChI is InChI=1S/C20H17NO4S/c22-20(21-13-12-15-6-4-5-9-18(15)21)19-11-10-16(25-19)14-26(23,24)17-7-2-1-3-8-17/h1-11H,12-14H2. The quantitative estimate of drug-likeness (QED) is 0.708. The van der Waals surface area contributed by atoms with Crippen LogP contribution in [0.2, 0.25) is 0 Å². The largest absolute Gasteiger partial charge is 0.455 e. The Morgan fingerprint density at radius 1 is 0.962 bits per heavy atom. The van der Waals surface area contributed by atoms with Crippen LogP contribution in [0.25, 0.3) is 0 Å². The second-order valence-corrected chi connectivity index (χ2v) is 8.16.